The van der Waals surface area contributed by atoms with Crippen LogP contribution in [0.1, 0.15) is 5.56 Å². The van der Waals surface area contributed by atoms with Gasteiger partial charge in [-0.05, 0) is 35.9 Å². The van der Waals surface area contributed by atoms with Crippen molar-refractivity contribution in [3.8, 4) is 11.5 Å². The van der Waals surface area contributed by atoms with Gasteiger partial charge in [0.2, 0.25) is 0 Å². The number of nitrogens with one attached hydrogen (secondary N) is 2. The molecule has 0 unspecified atom stereocenters. The zero-order valence-electron chi connectivity index (χ0n) is 14.6. The molecule has 4 rings (SSSR count). The zero-order chi connectivity index (χ0) is 18.8. The van der Waals surface area contributed by atoms with Crippen molar-refractivity contribution in [1.29, 1.82) is 0 Å². The molecule has 2 aromatic heterocycles. The van der Waals surface area contributed by atoms with E-state index in [9.17, 15) is 5.11 Å². The number of hydrogen-bond acceptors (Lipinski definition) is 10. The number of phenolic OH excluding ortho intramolecular Hbond substituents is 1. The van der Waals surface area contributed by atoms with Crippen LogP contribution in [-0.2, 0) is 0 Å². The summed E-state index contributed by atoms with van der Waals surface area (Å²) in [5.74, 6) is 2.50. The number of methoxy groups -OCH3 is 1. The molecule has 0 radical (unpaired) electrons. The van der Waals surface area contributed by atoms with E-state index >= 15 is 0 Å². The van der Waals surface area contributed by atoms with Crippen LogP contribution in [0.4, 0.5) is 29.1 Å². The van der Waals surface area contributed by atoms with E-state index < -0.39 is 0 Å². The van der Waals surface area contributed by atoms with Gasteiger partial charge in [0.15, 0.2) is 29.0 Å². The highest BCUT2D eigenvalue weighted by Crippen LogP contribution is 2.38. The molecule has 0 amide bonds. The number of rotatable bonds is 4. The van der Waals surface area contributed by atoms with Crippen molar-refractivity contribution in [3.63, 3.8) is 0 Å². The highest BCUT2D eigenvalue weighted by Gasteiger charge is 2.23. The summed E-state index contributed by atoms with van der Waals surface area (Å²) in [5.41, 5.74) is 4.37. The third kappa shape index (κ3) is 3.15. The van der Waals surface area contributed by atoms with Crippen LogP contribution in [-0.4, -0.2) is 45.6 Å². The molecule has 3 aromatic rings. The van der Waals surface area contributed by atoms with Gasteiger partial charge >= 0.3 is 0 Å². The normalized spacial score (nSPS) is 12.3. The number of phenols is 1. The number of nitrogens with zero attached hydrogens (tertiary/aromatic N) is 6. The SMILES string of the molecule is COc1cc(C=NNc2nnc3c(n2)N(C)c2cccnc2N3)ccc1O. The van der Waals surface area contributed by atoms with E-state index in [0.29, 0.717) is 23.2 Å². The van der Waals surface area contributed by atoms with Crippen molar-refractivity contribution in [1.82, 2.24) is 20.2 Å². The molecule has 0 spiro atoms. The van der Waals surface area contributed by atoms with Crippen molar-refractivity contribution in [3.05, 3.63) is 42.1 Å². The number of hydrazone groups is 1. The highest BCUT2D eigenvalue weighted by molar-refractivity contribution is 5.86. The molecule has 0 aliphatic carbocycles. The van der Waals surface area contributed by atoms with Gasteiger partial charge in [-0.2, -0.15) is 10.1 Å². The Hall–Kier alpha value is -3.95. The van der Waals surface area contributed by atoms with Crippen molar-refractivity contribution < 1.29 is 9.84 Å². The number of fused-ring (bicyclic) bond motifs is 2. The Balaban J connectivity index is 1.53. The number of aromatic nitrogens is 4. The van der Waals surface area contributed by atoms with Crippen molar-refractivity contribution in [2.45, 2.75) is 0 Å². The Kier molecular flexibility index (Phi) is 4.13. The van der Waals surface area contributed by atoms with Gasteiger partial charge in [-0.3, -0.25) is 0 Å². The Morgan fingerprint density at radius 2 is 2.15 bits per heavy atom. The summed E-state index contributed by atoms with van der Waals surface area (Å²) in [6.07, 6.45) is 3.26. The fraction of sp³-hybridized carbons (Fsp3) is 0.118. The summed E-state index contributed by atoms with van der Waals surface area (Å²) >= 11 is 0. The summed E-state index contributed by atoms with van der Waals surface area (Å²) < 4.78 is 5.07. The van der Waals surface area contributed by atoms with Crippen LogP contribution in [0, 0.1) is 0 Å². The summed E-state index contributed by atoms with van der Waals surface area (Å²) in [6, 6.07) is 8.68. The molecule has 0 atom stereocenters. The number of ether oxygens (including phenoxy) is 1. The topological polar surface area (TPSA) is 121 Å². The predicted octanol–water partition coefficient (Wildman–Crippen LogP) is 2.25. The number of aromatic hydroxyl groups is 1. The fourth-order valence-electron chi connectivity index (χ4n) is 2.61. The van der Waals surface area contributed by atoms with Gasteiger partial charge in [0.25, 0.3) is 5.95 Å². The lowest BCUT2D eigenvalue weighted by molar-refractivity contribution is 0.373. The first kappa shape index (κ1) is 16.5. The maximum atomic E-state index is 9.62. The van der Waals surface area contributed by atoms with E-state index in [4.69, 9.17) is 4.74 Å². The molecule has 3 heterocycles. The van der Waals surface area contributed by atoms with Crippen molar-refractivity contribution >= 4 is 35.3 Å². The van der Waals surface area contributed by atoms with Gasteiger partial charge < -0.3 is 20.1 Å². The second-order valence-corrected chi connectivity index (χ2v) is 5.66. The first-order chi connectivity index (χ1) is 13.2. The van der Waals surface area contributed by atoms with Crippen LogP contribution in [0.25, 0.3) is 0 Å². The molecule has 0 fully saturated rings. The molecule has 10 heteroatoms. The van der Waals surface area contributed by atoms with Crippen LogP contribution >= 0.6 is 0 Å². The fourth-order valence-corrected chi connectivity index (χ4v) is 2.61. The maximum absolute atomic E-state index is 9.62. The summed E-state index contributed by atoms with van der Waals surface area (Å²) in [5, 5.41) is 25.0. The average Bonchev–Trinajstić information content (AvgIpc) is 2.70. The third-order valence-corrected chi connectivity index (χ3v) is 3.95. The standard InChI is InChI=1S/C17H16N8O2/c1-25-11-4-3-7-18-14(11)20-15-16(25)21-17(24-22-15)23-19-9-10-5-6-12(26)13(8-10)27-2/h3-9,26H,1-2H3,(H,18,20,22)(H,21,23,24). The summed E-state index contributed by atoms with van der Waals surface area (Å²) in [6.45, 7) is 0. The van der Waals surface area contributed by atoms with Gasteiger partial charge in [-0.15, -0.1) is 10.2 Å². The minimum atomic E-state index is 0.0649. The third-order valence-electron chi connectivity index (χ3n) is 3.95. The second-order valence-electron chi connectivity index (χ2n) is 5.66. The van der Waals surface area contributed by atoms with Crippen LogP contribution in [0.15, 0.2) is 41.6 Å². The maximum Gasteiger partial charge on any atom is 0.265 e. The van der Waals surface area contributed by atoms with E-state index in [1.165, 1.54) is 13.2 Å². The lowest BCUT2D eigenvalue weighted by atomic mass is 10.2. The molecule has 1 aliphatic rings. The van der Waals surface area contributed by atoms with Gasteiger partial charge in [0.1, 0.15) is 0 Å². The predicted molar refractivity (Wildman–Crippen MR) is 101 cm³/mol. The number of anilines is 5. The number of pyridine rings is 1. The lowest BCUT2D eigenvalue weighted by Crippen LogP contribution is -2.21. The molecular formula is C17H16N8O2. The van der Waals surface area contributed by atoms with E-state index in [1.807, 2.05) is 24.1 Å². The number of hydrogen-bond donors (Lipinski definition) is 3. The molecule has 3 N–H and O–H groups in total. The first-order valence-electron chi connectivity index (χ1n) is 8.02. The van der Waals surface area contributed by atoms with Gasteiger partial charge in [-0.1, -0.05) is 0 Å². The molecule has 0 saturated heterocycles. The molecule has 0 saturated carbocycles. The molecular weight excluding hydrogens is 348 g/mol. The lowest BCUT2D eigenvalue weighted by Gasteiger charge is -2.27. The van der Waals surface area contributed by atoms with Crippen LogP contribution < -0.4 is 20.4 Å². The monoisotopic (exact) mass is 364 g/mol. The molecule has 27 heavy (non-hydrogen) atoms. The Bertz CT molecular complexity index is 1020. The van der Waals surface area contributed by atoms with E-state index in [0.717, 1.165) is 11.3 Å². The Morgan fingerprint density at radius 1 is 1.26 bits per heavy atom. The van der Waals surface area contributed by atoms with Crippen LogP contribution in [0.5, 0.6) is 11.5 Å². The van der Waals surface area contributed by atoms with Crippen LogP contribution in [0.3, 0.4) is 0 Å². The van der Waals surface area contributed by atoms with E-state index in [1.54, 1.807) is 24.5 Å². The molecule has 0 bridgehead atoms. The smallest absolute Gasteiger partial charge is 0.265 e. The van der Waals surface area contributed by atoms with Crippen LogP contribution in [0.2, 0.25) is 0 Å². The van der Waals surface area contributed by atoms with Gasteiger partial charge in [0.05, 0.1) is 19.0 Å². The van der Waals surface area contributed by atoms with Crippen molar-refractivity contribution in [2.24, 2.45) is 5.10 Å². The minimum Gasteiger partial charge on any atom is -0.504 e. The quantitative estimate of drug-likeness (QED) is 0.473. The van der Waals surface area contributed by atoms with Crippen molar-refractivity contribution in [2.75, 3.05) is 29.8 Å². The average molecular weight is 364 g/mol. The van der Waals surface area contributed by atoms with Gasteiger partial charge in [0, 0.05) is 13.2 Å². The highest BCUT2D eigenvalue weighted by atomic mass is 16.5. The largest absolute Gasteiger partial charge is 0.504 e. The van der Waals surface area contributed by atoms with Gasteiger partial charge in [-0.25, -0.2) is 10.4 Å². The van der Waals surface area contributed by atoms with E-state index in [-0.39, 0.29) is 11.7 Å². The van der Waals surface area contributed by atoms with E-state index in [2.05, 4.69) is 36.0 Å². The Labute approximate surface area is 154 Å². The molecule has 1 aromatic carbocycles. The number of benzene rings is 1. The molecule has 1 aliphatic heterocycles. The first-order valence-corrected chi connectivity index (χ1v) is 8.02. The minimum absolute atomic E-state index is 0.0649. The second kappa shape index (κ2) is 6.75. The molecule has 10 nitrogen and oxygen atoms in total. The summed E-state index contributed by atoms with van der Waals surface area (Å²) in [7, 11) is 3.36. The zero-order valence-corrected chi connectivity index (χ0v) is 14.6. The molecule has 136 valence electrons. The Morgan fingerprint density at radius 3 is 3.00 bits per heavy atom. The summed E-state index contributed by atoms with van der Waals surface area (Å²) in [4.78, 5) is 10.6.